The summed E-state index contributed by atoms with van der Waals surface area (Å²) < 4.78 is 71.5. The third-order valence-electron chi connectivity index (χ3n) is 17.6. The van der Waals surface area contributed by atoms with Crippen LogP contribution in [0.25, 0.3) is 0 Å². The number of hydrogen-bond donors (Lipinski definition) is 12. The van der Waals surface area contributed by atoms with Crippen molar-refractivity contribution in [3.63, 3.8) is 0 Å². The van der Waals surface area contributed by atoms with Crippen LogP contribution in [-0.4, -0.2) is 266 Å². The Balaban J connectivity index is 1.05. The smallest absolute Gasteiger partial charge is 0.330 e. The van der Waals surface area contributed by atoms with E-state index in [0.717, 1.165) is 6.08 Å². The van der Waals surface area contributed by atoms with Gasteiger partial charge in [-0.3, -0.25) is 9.59 Å². The summed E-state index contributed by atoms with van der Waals surface area (Å²) in [5.74, 6) is -5.79. The third-order valence-corrected chi connectivity index (χ3v) is 17.6. The number of esters is 3. The maximum absolute atomic E-state index is 13.5. The number of carboxylic acids is 1. The molecule has 0 aromatic rings. The fourth-order valence-electron chi connectivity index (χ4n) is 12.8. The summed E-state index contributed by atoms with van der Waals surface area (Å²) in [7, 11) is 2.95. The van der Waals surface area contributed by atoms with E-state index in [1.165, 1.54) is 20.3 Å². The van der Waals surface area contributed by atoms with E-state index in [9.17, 15) is 75.3 Å². The Labute approximate surface area is 479 Å². The number of carbonyl (C=O) groups excluding carboxylic acids is 3. The van der Waals surface area contributed by atoms with Crippen molar-refractivity contribution < 1.29 is 137 Å². The fraction of sp³-hybridized carbons (Fsp3) is 0.855. The van der Waals surface area contributed by atoms with Gasteiger partial charge in [-0.2, -0.15) is 0 Å². The maximum Gasteiger partial charge on any atom is 0.330 e. The summed E-state index contributed by atoms with van der Waals surface area (Å²) in [5.41, 5.74) is 0. The van der Waals surface area contributed by atoms with Crippen LogP contribution in [0.3, 0.4) is 0 Å². The van der Waals surface area contributed by atoms with Crippen molar-refractivity contribution in [3.8, 4) is 0 Å². The molecule has 0 spiro atoms. The number of carboxylic acid groups (broad SMARTS) is 1. The van der Waals surface area contributed by atoms with E-state index >= 15 is 0 Å². The molecule has 0 bridgehead atoms. The summed E-state index contributed by atoms with van der Waals surface area (Å²) in [6, 6.07) is 0. The zero-order chi connectivity index (χ0) is 59.8. The molecule has 0 aromatic heterocycles. The van der Waals surface area contributed by atoms with E-state index in [-0.39, 0.29) is 37.0 Å². The van der Waals surface area contributed by atoms with Gasteiger partial charge < -0.3 is 118 Å². The van der Waals surface area contributed by atoms with Crippen LogP contribution in [0.2, 0.25) is 0 Å². The molecule has 0 amide bonds. The highest BCUT2D eigenvalue weighted by atomic mass is 16.8. The van der Waals surface area contributed by atoms with Gasteiger partial charge in [-0.25, -0.2) is 9.59 Å². The van der Waals surface area contributed by atoms with Crippen LogP contribution in [-0.2, 0) is 76.0 Å². The number of aliphatic carboxylic acids is 1. The fourth-order valence-corrected chi connectivity index (χ4v) is 12.8. The monoisotopic (exact) mass is 1190 g/mol. The second kappa shape index (κ2) is 30.0. The summed E-state index contributed by atoms with van der Waals surface area (Å²) in [5, 5.41) is 130. The lowest BCUT2D eigenvalue weighted by Gasteiger charge is -2.52. The van der Waals surface area contributed by atoms with E-state index in [1.54, 1.807) is 12.2 Å². The Morgan fingerprint density at radius 3 is 1.72 bits per heavy atom. The second-order valence-electron chi connectivity index (χ2n) is 23.3. The normalized spacial score (nSPS) is 45.3. The molecule has 4 saturated heterocycles. The zero-order valence-corrected chi connectivity index (χ0v) is 46.4. The van der Waals surface area contributed by atoms with Crippen LogP contribution in [0.15, 0.2) is 24.3 Å². The first kappa shape index (κ1) is 65.5. The van der Waals surface area contributed by atoms with Gasteiger partial charge in [-0.05, 0) is 94.8 Å². The zero-order valence-electron chi connectivity index (χ0n) is 46.4. The average Bonchev–Trinajstić information content (AvgIpc) is 3.64. The topological polar surface area (TPSA) is 422 Å². The Bertz CT molecular complexity index is 2160. The first-order chi connectivity index (χ1) is 39.6. The summed E-state index contributed by atoms with van der Waals surface area (Å²) in [6.45, 7) is -1.93. The molecule has 28 heteroatoms. The lowest BCUT2D eigenvalue weighted by Crippen LogP contribution is -2.65. The number of allylic oxidation sites excluding steroid dienone is 2. The van der Waals surface area contributed by atoms with Gasteiger partial charge in [0.05, 0.1) is 67.6 Å². The van der Waals surface area contributed by atoms with Crippen LogP contribution >= 0.6 is 0 Å². The first-order valence-electron chi connectivity index (χ1n) is 28.8. The Hall–Kier alpha value is -3.44. The standard InChI is InChI=1S/C55H84O28/c1-72-35-15-24(3-11-30(35)58)5-13-41(63)74-22-39-46(68)48(70)52(83-54-51(44(66)32(60)21-76-54)82-42(64)14-6-25-4-12-31(59)36(16-25)73-2)55(81-39)79-37-19-29-33(77-50(37)26-7-9-27(56)10-8-26)17-28(57)18-34(29)78-53-49(71)47(69)45(67)38(80-53)23-75-43(65)20-40(61)62/h5-6,13-14,24-39,44-60,66-71H,3-4,7-12,15-23H2,1-2H3,(H,61,62). The van der Waals surface area contributed by atoms with Gasteiger partial charge in [0.1, 0.15) is 80.7 Å². The molecule has 12 N–H and O–H groups in total. The highest BCUT2D eigenvalue weighted by Crippen LogP contribution is 2.45. The van der Waals surface area contributed by atoms with E-state index in [4.69, 9.17) is 61.9 Å². The van der Waals surface area contributed by atoms with E-state index in [2.05, 4.69) is 0 Å². The van der Waals surface area contributed by atoms with Crippen LogP contribution in [0, 0.1) is 23.7 Å². The molecule has 4 aliphatic heterocycles. The summed E-state index contributed by atoms with van der Waals surface area (Å²) in [6.07, 6.45) is -23.3. The molecular formula is C55H84O28. The number of carbonyl (C=O) groups is 4. The van der Waals surface area contributed by atoms with Crippen molar-refractivity contribution in [2.75, 3.05) is 34.0 Å². The predicted molar refractivity (Wildman–Crippen MR) is 274 cm³/mol. The van der Waals surface area contributed by atoms with Crippen molar-refractivity contribution in [1.82, 2.24) is 0 Å². The SMILES string of the molecule is COC1CC(C=CC(=O)OCC2OC(OC3CC4C(OC5OC(COC(=O)CC(=O)O)C(O)C(O)C5O)CC(O)CC4OC3C3CCC(O)CC3)C(OC3OCC(O)C(O)C3OC(=O)C=CC3CCC(O)C(OC)C3)C(O)C2O)CCC1O. The first-order valence-corrected chi connectivity index (χ1v) is 28.8. The van der Waals surface area contributed by atoms with Crippen molar-refractivity contribution in [2.45, 2.75) is 237 Å². The van der Waals surface area contributed by atoms with Crippen molar-refractivity contribution in [2.24, 2.45) is 23.7 Å². The van der Waals surface area contributed by atoms with E-state index in [1.807, 2.05) is 0 Å². The molecule has 8 aliphatic rings. The molecular weight excluding hydrogens is 1110 g/mol. The average molecular weight is 1190 g/mol. The number of ether oxygens (including phenoxy) is 12. The Morgan fingerprint density at radius 2 is 1.10 bits per heavy atom. The van der Waals surface area contributed by atoms with E-state index < -0.39 is 203 Å². The number of rotatable bonds is 20. The second-order valence-corrected chi connectivity index (χ2v) is 23.3. The molecule has 4 heterocycles. The minimum Gasteiger partial charge on any atom is -0.481 e. The molecule has 8 fully saturated rings. The van der Waals surface area contributed by atoms with Gasteiger partial charge in [0, 0.05) is 38.7 Å². The molecule has 4 saturated carbocycles. The van der Waals surface area contributed by atoms with Crippen LogP contribution in [0.1, 0.15) is 89.9 Å². The van der Waals surface area contributed by atoms with Gasteiger partial charge >= 0.3 is 23.9 Å². The number of aliphatic hydroxyl groups excluding tert-OH is 11. The van der Waals surface area contributed by atoms with Crippen molar-refractivity contribution in [3.05, 3.63) is 24.3 Å². The third kappa shape index (κ3) is 16.8. The maximum atomic E-state index is 13.5. The highest BCUT2D eigenvalue weighted by molar-refractivity contribution is 5.90. The molecule has 0 radical (unpaired) electrons. The number of methoxy groups -OCH3 is 2. The van der Waals surface area contributed by atoms with Gasteiger partial charge in [0.2, 0.25) is 0 Å². The van der Waals surface area contributed by atoms with Crippen LogP contribution in [0.5, 0.6) is 0 Å². The molecule has 472 valence electrons. The summed E-state index contributed by atoms with van der Waals surface area (Å²) in [4.78, 5) is 49.9. The largest absolute Gasteiger partial charge is 0.481 e. The molecule has 8 rings (SSSR count). The minimum absolute atomic E-state index is 0.0102. The van der Waals surface area contributed by atoms with Crippen LogP contribution < -0.4 is 0 Å². The van der Waals surface area contributed by atoms with Gasteiger partial charge in [-0.1, -0.05) is 12.2 Å². The number of aliphatic hydroxyl groups is 11. The highest BCUT2D eigenvalue weighted by Gasteiger charge is 2.56. The molecule has 26 unspecified atom stereocenters. The Kier molecular flexibility index (Phi) is 23.7. The molecule has 83 heavy (non-hydrogen) atoms. The predicted octanol–water partition coefficient (Wildman–Crippen LogP) is -3.11. The van der Waals surface area contributed by atoms with Gasteiger partial charge in [0.25, 0.3) is 0 Å². The lowest BCUT2D eigenvalue weighted by atomic mass is 9.73. The quantitative estimate of drug-likeness (QED) is 0.0248. The molecule has 0 aromatic carbocycles. The lowest BCUT2D eigenvalue weighted by molar-refractivity contribution is -0.373. The molecule has 4 aliphatic carbocycles. The van der Waals surface area contributed by atoms with Crippen LogP contribution in [0.4, 0.5) is 0 Å². The van der Waals surface area contributed by atoms with E-state index in [0.29, 0.717) is 64.2 Å². The van der Waals surface area contributed by atoms with Gasteiger partial charge in [-0.15, -0.1) is 0 Å². The molecule has 26 atom stereocenters. The number of fused-ring (bicyclic) bond motifs is 1. The van der Waals surface area contributed by atoms with Gasteiger partial charge in [0.15, 0.2) is 25.0 Å². The van der Waals surface area contributed by atoms with Crippen molar-refractivity contribution in [1.29, 1.82) is 0 Å². The molecule has 28 nitrogen and oxygen atoms in total. The minimum atomic E-state index is -1.98. The summed E-state index contributed by atoms with van der Waals surface area (Å²) >= 11 is 0. The Morgan fingerprint density at radius 1 is 0.506 bits per heavy atom. The van der Waals surface area contributed by atoms with Crippen molar-refractivity contribution >= 4 is 23.9 Å². The number of hydrogen-bond acceptors (Lipinski definition) is 27.